The number of nitrogens with one attached hydrogen (secondary N) is 3. The summed E-state index contributed by atoms with van der Waals surface area (Å²) < 4.78 is 10.7. The van der Waals surface area contributed by atoms with Crippen LogP contribution in [0.3, 0.4) is 0 Å². The van der Waals surface area contributed by atoms with Gasteiger partial charge in [-0.05, 0) is 60.6 Å². The summed E-state index contributed by atoms with van der Waals surface area (Å²) in [5.41, 5.74) is 4.08. The second-order valence-corrected chi connectivity index (χ2v) is 6.78. The number of benzene rings is 2. The molecule has 1 aromatic heterocycles. The minimum absolute atomic E-state index is 0.272. The molecule has 3 aromatic rings. The van der Waals surface area contributed by atoms with Crippen molar-refractivity contribution < 1.29 is 9.47 Å². The van der Waals surface area contributed by atoms with Crippen LogP contribution in [-0.2, 0) is 6.54 Å². The zero-order valence-corrected chi connectivity index (χ0v) is 16.2. The lowest BCUT2D eigenvalue weighted by Crippen LogP contribution is -2.27. The summed E-state index contributed by atoms with van der Waals surface area (Å²) >= 11 is 5.37. The monoisotopic (exact) mass is 392 g/mol. The first kappa shape index (κ1) is 18.1. The van der Waals surface area contributed by atoms with E-state index in [2.05, 4.69) is 33.9 Å². The number of pyridine rings is 1. The molecule has 0 fully saturated rings. The highest BCUT2D eigenvalue weighted by molar-refractivity contribution is 7.80. The minimum Gasteiger partial charge on any atom is -0.454 e. The third-order valence-electron chi connectivity index (χ3n) is 4.32. The molecule has 2 aromatic carbocycles. The van der Waals surface area contributed by atoms with Gasteiger partial charge in [-0.3, -0.25) is 0 Å². The Hall–Kier alpha value is -3.32. The largest absolute Gasteiger partial charge is 0.454 e. The number of ether oxygens (including phenoxy) is 2. The minimum atomic E-state index is 0.272. The summed E-state index contributed by atoms with van der Waals surface area (Å²) in [5.74, 6) is 2.31. The van der Waals surface area contributed by atoms with Gasteiger partial charge in [0, 0.05) is 12.2 Å². The van der Waals surface area contributed by atoms with Crippen molar-refractivity contribution in [2.75, 3.05) is 17.4 Å². The third kappa shape index (κ3) is 4.32. The number of hydrogen-bond donors (Lipinski definition) is 3. The molecule has 7 heteroatoms. The Morgan fingerprint density at radius 3 is 2.75 bits per heavy atom. The summed E-state index contributed by atoms with van der Waals surface area (Å²) in [5, 5.41) is 10.2. The number of nitrogens with zero attached hydrogens (tertiary/aromatic N) is 1. The van der Waals surface area contributed by atoms with Gasteiger partial charge in [0.1, 0.15) is 5.82 Å². The predicted molar refractivity (Wildman–Crippen MR) is 114 cm³/mol. The number of rotatable bonds is 5. The zero-order valence-electron chi connectivity index (χ0n) is 15.4. The first-order valence-electron chi connectivity index (χ1n) is 8.89. The van der Waals surface area contributed by atoms with E-state index < -0.39 is 0 Å². The second-order valence-electron chi connectivity index (χ2n) is 6.37. The van der Waals surface area contributed by atoms with Crippen molar-refractivity contribution in [3.05, 3.63) is 71.9 Å². The topological polar surface area (TPSA) is 67.4 Å². The average molecular weight is 392 g/mol. The molecule has 0 bridgehead atoms. The van der Waals surface area contributed by atoms with E-state index in [1.807, 2.05) is 48.5 Å². The van der Waals surface area contributed by atoms with Crippen LogP contribution in [0.2, 0.25) is 0 Å². The smallest absolute Gasteiger partial charge is 0.231 e. The number of fused-ring (bicyclic) bond motifs is 1. The summed E-state index contributed by atoms with van der Waals surface area (Å²) in [6.45, 7) is 2.92. The van der Waals surface area contributed by atoms with E-state index in [1.54, 1.807) is 6.20 Å². The van der Waals surface area contributed by atoms with E-state index in [4.69, 9.17) is 21.7 Å². The molecule has 0 saturated heterocycles. The summed E-state index contributed by atoms with van der Waals surface area (Å²) in [4.78, 5) is 4.43. The van der Waals surface area contributed by atoms with Gasteiger partial charge in [0.05, 0.1) is 11.9 Å². The first-order valence-corrected chi connectivity index (χ1v) is 9.30. The maximum absolute atomic E-state index is 5.39. The lowest BCUT2D eigenvalue weighted by molar-refractivity contribution is 0.174. The molecule has 3 N–H and O–H groups in total. The van der Waals surface area contributed by atoms with Crippen LogP contribution in [0.15, 0.2) is 60.8 Å². The van der Waals surface area contributed by atoms with Crippen LogP contribution in [-0.4, -0.2) is 16.9 Å². The van der Waals surface area contributed by atoms with E-state index in [0.29, 0.717) is 11.7 Å². The molecular weight excluding hydrogens is 372 g/mol. The van der Waals surface area contributed by atoms with Crippen molar-refractivity contribution >= 4 is 34.5 Å². The van der Waals surface area contributed by atoms with Crippen molar-refractivity contribution in [3.63, 3.8) is 0 Å². The normalized spacial score (nSPS) is 11.8. The zero-order chi connectivity index (χ0) is 19.3. The lowest BCUT2D eigenvalue weighted by atomic mass is 10.2. The quantitative estimate of drug-likeness (QED) is 0.558. The SMILES string of the molecule is Cc1ccccc1Nc1ccc(NC(=S)NCc2ccc3c(c2)OCO3)cn1. The molecular formula is C21H20N4O2S. The Balaban J connectivity index is 1.30. The van der Waals surface area contributed by atoms with E-state index in [9.17, 15) is 0 Å². The van der Waals surface area contributed by atoms with Crippen LogP contribution in [0.5, 0.6) is 11.5 Å². The van der Waals surface area contributed by atoms with Gasteiger partial charge in [-0.15, -0.1) is 0 Å². The second kappa shape index (κ2) is 8.14. The Bertz CT molecular complexity index is 992. The maximum Gasteiger partial charge on any atom is 0.231 e. The van der Waals surface area contributed by atoms with Crippen molar-refractivity contribution in [1.82, 2.24) is 10.3 Å². The summed E-state index contributed by atoms with van der Waals surface area (Å²) in [6.07, 6.45) is 1.75. The molecule has 0 atom stereocenters. The van der Waals surface area contributed by atoms with Gasteiger partial charge >= 0.3 is 0 Å². The molecule has 0 saturated carbocycles. The van der Waals surface area contributed by atoms with Crippen LogP contribution in [0.25, 0.3) is 0 Å². The highest BCUT2D eigenvalue weighted by Gasteiger charge is 2.13. The van der Waals surface area contributed by atoms with Crippen LogP contribution < -0.4 is 25.4 Å². The fraction of sp³-hybridized carbons (Fsp3) is 0.143. The van der Waals surface area contributed by atoms with E-state index in [-0.39, 0.29) is 6.79 Å². The Morgan fingerprint density at radius 2 is 1.93 bits per heavy atom. The molecule has 1 aliphatic rings. The maximum atomic E-state index is 5.39. The average Bonchev–Trinajstić information content (AvgIpc) is 3.17. The van der Waals surface area contributed by atoms with Crippen molar-refractivity contribution in [3.8, 4) is 11.5 Å². The van der Waals surface area contributed by atoms with Gasteiger partial charge in [0.2, 0.25) is 6.79 Å². The molecule has 28 heavy (non-hydrogen) atoms. The number of anilines is 3. The number of thiocarbonyl (C=S) groups is 1. The van der Waals surface area contributed by atoms with Crippen LogP contribution in [0.4, 0.5) is 17.2 Å². The Kier molecular flexibility index (Phi) is 5.25. The summed E-state index contributed by atoms with van der Waals surface area (Å²) in [7, 11) is 0. The molecule has 0 spiro atoms. The Morgan fingerprint density at radius 1 is 1.07 bits per heavy atom. The van der Waals surface area contributed by atoms with E-state index in [0.717, 1.165) is 34.3 Å². The van der Waals surface area contributed by atoms with E-state index in [1.165, 1.54) is 5.56 Å². The highest BCUT2D eigenvalue weighted by Crippen LogP contribution is 2.32. The third-order valence-corrected chi connectivity index (χ3v) is 4.57. The number of aromatic nitrogens is 1. The van der Waals surface area contributed by atoms with Gasteiger partial charge in [-0.2, -0.15) is 0 Å². The molecule has 0 unspecified atom stereocenters. The highest BCUT2D eigenvalue weighted by atomic mass is 32.1. The van der Waals surface area contributed by atoms with Crippen molar-refractivity contribution in [1.29, 1.82) is 0 Å². The number of hydrogen-bond acceptors (Lipinski definition) is 5. The molecule has 0 amide bonds. The van der Waals surface area contributed by atoms with Crippen LogP contribution in [0.1, 0.15) is 11.1 Å². The molecule has 2 heterocycles. The summed E-state index contributed by atoms with van der Waals surface area (Å²) in [6, 6.07) is 17.8. The molecule has 4 rings (SSSR count). The van der Waals surface area contributed by atoms with Gasteiger partial charge in [-0.1, -0.05) is 24.3 Å². The van der Waals surface area contributed by atoms with Gasteiger partial charge in [0.15, 0.2) is 16.6 Å². The van der Waals surface area contributed by atoms with Crippen LogP contribution in [0, 0.1) is 6.92 Å². The van der Waals surface area contributed by atoms with Crippen LogP contribution >= 0.6 is 12.2 Å². The van der Waals surface area contributed by atoms with Crippen molar-refractivity contribution in [2.24, 2.45) is 0 Å². The molecule has 0 aliphatic carbocycles. The van der Waals surface area contributed by atoms with Gasteiger partial charge in [0.25, 0.3) is 0 Å². The first-order chi connectivity index (χ1) is 13.7. The molecule has 6 nitrogen and oxygen atoms in total. The van der Waals surface area contributed by atoms with Gasteiger partial charge < -0.3 is 25.4 Å². The fourth-order valence-corrected chi connectivity index (χ4v) is 2.99. The number of aryl methyl sites for hydroxylation is 1. The molecule has 0 radical (unpaired) electrons. The van der Waals surface area contributed by atoms with Crippen molar-refractivity contribution in [2.45, 2.75) is 13.5 Å². The van der Waals surface area contributed by atoms with E-state index >= 15 is 0 Å². The van der Waals surface area contributed by atoms with Gasteiger partial charge in [-0.25, -0.2) is 4.98 Å². The molecule has 142 valence electrons. The number of para-hydroxylation sites is 1. The lowest BCUT2D eigenvalue weighted by Gasteiger charge is -2.12. The Labute approximate surface area is 168 Å². The predicted octanol–water partition coefficient (Wildman–Crippen LogP) is 4.35. The molecule has 1 aliphatic heterocycles. The standard InChI is InChI=1S/C21H20N4O2S/c1-14-4-2-3-5-17(14)25-20-9-7-16(12-22-20)24-21(28)23-11-15-6-8-18-19(10-15)27-13-26-18/h2-10,12H,11,13H2,1H3,(H,22,25)(H2,23,24,28). The fourth-order valence-electron chi connectivity index (χ4n) is 2.80.